The summed E-state index contributed by atoms with van der Waals surface area (Å²) in [6.45, 7) is 4.08. The average molecular weight is 354 g/mol. The van der Waals surface area contributed by atoms with Crippen molar-refractivity contribution in [3.63, 3.8) is 0 Å². The van der Waals surface area contributed by atoms with Crippen molar-refractivity contribution in [1.29, 1.82) is 0 Å². The van der Waals surface area contributed by atoms with Crippen LogP contribution in [-0.4, -0.2) is 43.1 Å². The van der Waals surface area contributed by atoms with Gasteiger partial charge in [0.2, 0.25) is 0 Å². The first-order valence-corrected chi connectivity index (χ1v) is 9.29. The van der Waals surface area contributed by atoms with Crippen LogP contribution in [0, 0.1) is 0 Å². The van der Waals surface area contributed by atoms with Gasteiger partial charge in [0.25, 0.3) is 0 Å². The summed E-state index contributed by atoms with van der Waals surface area (Å²) in [5, 5.41) is 3.03. The van der Waals surface area contributed by atoms with Crippen LogP contribution in [0.3, 0.4) is 0 Å². The van der Waals surface area contributed by atoms with E-state index in [0.29, 0.717) is 13.1 Å². The lowest BCUT2D eigenvalue weighted by atomic mass is 10.1. The molecule has 0 aliphatic rings. The molecule has 0 aliphatic carbocycles. The average Bonchev–Trinajstić information content (AvgIpc) is 2.66. The molecule has 0 saturated heterocycles. The van der Waals surface area contributed by atoms with Gasteiger partial charge in [0.1, 0.15) is 0 Å². The Hall–Kier alpha value is -2.56. The lowest BCUT2D eigenvalue weighted by molar-refractivity contribution is 0.195. The first kappa shape index (κ1) is 19.8. The minimum absolute atomic E-state index is 0.00827. The van der Waals surface area contributed by atoms with Gasteiger partial charge >= 0.3 is 6.03 Å². The van der Waals surface area contributed by atoms with Gasteiger partial charge in [-0.25, -0.2) is 4.79 Å². The molecule has 0 fully saturated rings. The van der Waals surface area contributed by atoms with Crippen molar-refractivity contribution < 1.29 is 4.79 Å². The number of hydrogen-bond donors (Lipinski definition) is 1. The maximum Gasteiger partial charge on any atom is 0.317 e. The second-order valence-electron chi connectivity index (χ2n) is 6.64. The largest absolute Gasteiger partial charge is 0.378 e. The number of urea groups is 1. The maximum atomic E-state index is 12.6. The third-order valence-corrected chi connectivity index (χ3v) is 4.28. The fraction of sp³-hybridized carbons (Fsp3) is 0.429. The van der Waals surface area contributed by atoms with E-state index in [4.69, 9.17) is 0 Å². The van der Waals surface area contributed by atoms with Crippen molar-refractivity contribution in [2.45, 2.75) is 32.7 Å². The standard InChI is InChI=1S/C21H30N4O/c1-4-5-14-23-21(26)25(16-13-19-8-6-7-15-22-19)17-18-9-11-20(12-10-18)24(2)3/h6-12,15H,4-5,13-14,16-17H2,1-3H3,(H,23,26). The van der Waals surface area contributed by atoms with E-state index >= 15 is 0 Å². The normalized spacial score (nSPS) is 10.4. The van der Waals surface area contributed by atoms with E-state index in [1.54, 1.807) is 6.20 Å². The van der Waals surface area contributed by atoms with Gasteiger partial charge in [0.15, 0.2) is 0 Å². The fourth-order valence-corrected chi connectivity index (χ4v) is 2.65. The molecule has 5 heteroatoms. The van der Waals surface area contributed by atoms with E-state index in [1.807, 2.05) is 37.2 Å². The van der Waals surface area contributed by atoms with Gasteiger partial charge in [-0.2, -0.15) is 0 Å². The van der Waals surface area contributed by atoms with Gasteiger partial charge in [-0.3, -0.25) is 4.98 Å². The Morgan fingerprint density at radius 3 is 2.50 bits per heavy atom. The molecule has 5 nitrogen and oxygen atoms in total. The van der Waals surface area contributed by atoms with Crippen molar-refractivity contribution in [2.24, 2.45) is 0 Å². The van der Waals surface area contributed by atoms with E-state index < -0.39 is 0 Å². The van der Waals surface area contributed by atoms with Crippen LogP contribution in [0.15, 0.2) is 48.7 Å². The van der Waals surface area contributed by atoms with E-state index in [9.17, 15) is 4.79 Å². The molecule has 0 spiro atoms. The van der Waals surface area contributed by atoms with Crippen molar-refractivity contribution in [3.05, 3.63) is 59.9 Å². The number of anilines is 1. The Balaban J connectivity index is 2.02. The van der Waals surface area contributed by atoms with Gasteiger partial charge in [0.05, 0.1) is 0 Å². The molecule has 1 N–H and O–H groups in total. The first-order valence-electron chi connectivity index (χ1n) is 9.29. The summed E-state index contributed by atoms with van der Waals surface area (Å²) < 4.78 is 0. The van der Waals surface area contributed by atoms with Gasteiger partial charge in [-0.05, 0) is 36.2 Å². The number of pyridine rings is 1. The van der Waals surface area contributed by atoms with Crippen LogP contribution in [0.4, 0.5) is 10.5 Å². The molecule has 0 aliphatic heterocycles. The van der Waals surface area contributed by atoms with E-state index in [0.717, 1.165) is 42.8 Å². The van der Waals surface area contributed by atoms with Crippen molar-refractivity contribution in [1.82, 2.24) is 15.2 Å². The minimum atomic E-state index is -0.00827. The Kier molecular flexibility index (Phi) is 7.93. The molecule has 2 aromatic rings. The number of unbranched alkanes of at least 4 members (excludes halogenated alkanes) is 1. The third kappa shape index (κ3) is 6.39. The van der Waals surface area contributed by atoms with Crippen LogP contribution in [0.25, 0.3) is 0 Å². The zero-order chi connectivity index (χ0) is 18.8. The highest BCUT2D eigenvalue weighted by Gasteiger charge is 2.14. The van der Waals surface area contributed by atoms with Crippen molar-refractivity contribution in [2.75, 3.05) is 32.1 Å². The summed E-state index contributed by atoms with van der Waals surface area (Å²) in [6, 6.07) is 14.2. The highest BCUT2D eigenvalue weighted by molar-refractivity contribution is 5.74. The SMILES string of the molecule is CCCCNC(=O)N(CCc1ccccn1)Cc1ccc(N(C)C)cc1. The Morgan fingerprint density at radius 1 is 1.12 bits per heavy atom. The predicted molar refractivity (Wildman–Crippen MR) is 107 cm³/mol. The Bertz CT molecular complexity index is 655. The second-order valence-corrected chi connectivity index (χ2v) is 6.64. The molecule has 2 rings (SSSR count). The zero-order valence-electron chi connectivity index (χ0n) is 16.1. The molecule has 1 aromatic heterocycles. The molecule has 0 radical (unpaired) electrons. The molecular weight excluding hydrogens is 324 g/mol. The maximum absolute atomic E-state index is 12.6. The van der Waals surface area contributed by atoms with Crippen molar-refractivity contribution in [3.8, 4) is 0 Å². The number of aromatic nitrogens is 1. The Labute approximate surface area is 157 Å². The first-order chi connectivity index (χ1) is 12.6. The van der Waals surface area contributed by atoms with E-state index in [2.05, 4.69) is 46.4 Å². The molecule has 1 aromatic carbocycles. The van der Waals surface area contributed by atoms with Gasteiger partial charge < -0.3 is 15.1 Å². The zero-order valence-corrected chi connectivity index (χ0v) is 16.1. The summed E-state index contributed by atoms with van der Waals surface area (Å²) in [6.07, 6.45) is 4.61. The molecular formula is C21H30N4O. The lowest BCUT2D eigenvalue weighted by Gasteiger charge is -2.23. The highest BCUT2D eigenvalue weighted by Crippen LogP contribution is 2.14. The number of carbonyl (C=O) groups is 1. The minimum Gasteiger partial charge on any atom is -0.378 e. The summed E-state index contributed by atoms with van der Waals surface area (Å²) in [5.74, 6) is 0. The molecule has 0 atom stereocenters. The Morgan fingerprint density at radius 2 is 1.88 bits per heavy atom. The van der Waals surface area contributed by atoms with Crippen LogP contribution in [0.1, 0.15) is 31.0 Å². The number of benzene rings is 1. The molecule has 26 heavy (non-hydrogen) atoms. The monoisotopic (exact) mass is 354 g/mol. The van der Waals surface area contributed by atoms with Gasteiger partial charge in [-0.15, -0.1) is 0 Å². The fourth-order valence-electron chi connectivity index (χ4n) is 2.65. The smallest absolute Gasteiger partial charge is 0.317 e. The summed E-state index contributed by atoms with van der Waals surface area (Å²) in [4.78, 5) is 20.9. The highest BCUT2D eigenvalue weighted by atomic mass is 16.2. The van der Waals surface area contributed by atoms with Crippen LogP contribution in [-0.2, 0) is 13.0 Å². The number of carbonyl (C=O) groups excluding carboxylic acids is 1. The number of nitrogens with zero attached hydrogens (tertiary/aromatic N) is 3. The van der Waals surface area contributed by atoms with Crippen LogP contribution < -0.4 is 10.2 Å². The molecule has 0 bridgehead atoms. The number of rotatable bonds is 9. The van der Waals surface area contributed by atoms with Gasteiger partial charge in [-0.1, -0.05) is 31.5 Å². The molecule has 1 heterocycles. The summed E-state index contributed by atoms with van der Waals surface area (Å²) in [5.41, 5.74) is 3.28. The quantitative estimate of drug-likeness (QED) is 0.699. The topological polar surface area (TPSA) is 48.5 Å². The predicted octanol–water partition coefficient (Wildman–Crippen LogP) is 3.70. The molecule has 140 valence electrons. The number of amides is 2. The summed E-state index contributed by atoms with van der Waals surface area (Å²) in [7, 11) is 4.05. The lowest BCUT2D eigenvalue weighted by Crippen LogP contribution is -2.41. The second kappa shape index (κ2) is 10.4. The van der Waals surface area contributed by atoms with E-state index in [1.165, 1.54) is 0 Å². The van der Waals surface area contributed by atoms with Crippen LogP contribution >= 0.6 is 0 Å². The van der Waals surface area contributed by atoms with Crippen LogP contribution in [0.5, 0.6) is 0 Å². The van der Waals surface area contributed by atoms with E-state index in [-0.39, 0.29) is 6.03 Å². The molecule has 2 amide bonds. The molecule has 0 saturated carbocycles. The van der Waals surface area contributed by atoms with Crippen LogP contribution in [0.2, 0.25) is 0 Å². The number of hydrogen-bond acceptors (Lipinski definition) is 3. The van der Waals surface area contributed by atoms with Crippen molar-refractivity contribution >= 4 is 11.7 Å². The molecule has 0 unspecified atom stereocenters. The summed E-state index contributed by atoms with van der Waals surface area (Å²) >= 11 is 0. The third-order valence-electron chi connectivity index (χ3n) is 4.28. The van der Waals surface area contributed by atoms with Gasteiger partial charge in [0, 0.05) is 57.7 Å². The number of nitrogens with one attached hydrogen (secondary N) is 1.